The molecule has 2 aromatic rings. The summed E-state index contributed by atoms with van der Waals surface area (Å²) in [5.41, 5.74) is 1.95. The lowest BCUT2D eigenvalue weighted by Crippen LogP contribution is -2.08. The maximum absolute atomic E-state index is 12.1. The number of amides is 1. The SMILES string of the molecule is COc1cc(/C=C/C(=O)Nc2cccc(C(C)=O)c2)ccc1OCC(C)C. The van der Waals surface area contributed by atoms with E-state index in [9.17, 15) is 9.59 Å². The zero-order valence-electron chi connectivity index (χ0n) is 16.1. The Morgan fingerprint density at radius 1 is 1.11 bits per heavy atom. The number of ether oxygens (including phenoxy) is 2. The van der Waals surface area contributed by atoms with Gasteiger partial charge in [0.2, 0.25) is 5.91 Å². The second kappa shape index (κ2) is 9.57. The number of hydrogen-bond acceptors (Lipinski definition) is 4. The molecule has 0 unspecified atom stereocenters. The first-order valence-electron chi connectivity index (χ1n) is 8.80. The normalized spacial score (nSPS) is 10.9. The number of hydrogen-bond donors (Lipinski definition) is 1. The number of ketones is 1. The van der Waals surface area contributed by atoms with Crippen LogP contribution in [0.5, 0.6) is 11.5 Å². The molecular formula is C22H25NO4. The average molecular weight is 367 g/mol. The molecule has 2 aromatic carbocycles. The Morgan fingerprint density at radius 2 is 1.89 bits per heavy atom. The summed E-state index contributed by atoms with van der Waals surface area (Å²) in [6.07, 6.45) is 3.13. The van der Waals surface area contributed by atoms with Crippen molar-refractivity contribution in [2.75, 3.05) is 19.0 Å². The lowest BCUT2D eigenvalue weighted by molar-refractivity contribution is -0.111. The van der Waals surface area contributed by atoms with Gasteiger partial charge >= 0.3 is 0 Å². The number of nitrogens with one attached hydrogen (secondary N) is 1. The van der Waals surface area contributed by atoms with Crippen LogP contribution in [0.25, 0.3) is 6.08 Å². The predicted molar refractivity (Wildman–Crippen MR) is 107 cm³/mol. The van der Waals surface area contributed by atoms with Gasteiger partial charge in [0, 0.05) is 17.3 Å². The molecular weight excluding hydrogens is 342 g/mol. The molecule has 0 saturated heterocycles. The quantitative estimate of drug-likeness (QED) is 0.548. The highest BCUT2D eigenvalue weighted by Gasteiger charge is 2.07. The molecule has 5 nitrogen and oxygen atoms in total. The first-order chi connectivity index (χ1) is 12.9. The summed E-state index contributed by atoms with van der Waals surface area (Å²) in [4.78, 5) is 23.5. The summed E-state index contributed by atoms with van der Waals surface area (Å²) >= 11 is 0. The van der Waals surface area contributed by atoms with E-state index in [1.54, 1.807) is 37.5 Å². The Labute approximate surface area is 160 Å². The van der Waals surface area contributed by atoms with Gasteiger partial charge in [-0.05, 0) is 48.7 Å². The van der Waals surface area contributed by atoms with Gasteiger partial charge in [-0.15, -0.1) is 0 Å². The number of rotatable bonds is 8. The summed E-state index contributed by atoms with van der Waals surface area (Å²) < 4.78 is 11.1. The van der Waals surface area contributed by atoms with Crippen LogP contribution in [-0.4, -0.2) is 25.4 Å². The Morgan fingerprint density at radius 3 is 2.56 bits per heavy atom. The van der Waals surface area contributed by atoms with Crippen LogP contribution in [0.15, 0.2) is 48.5 Å². The molecule has 0 aliphatic carbocycles. The minimum Gasteiger partial charge on any atom is -0.493 e. The Kier molecular flexibility index (Phi) is 7.17. The number of methoxy groups -OCH3 is 1. The first kappa shape index (κ1) is 20.2. The number of benzene rings is 2. The molecule has 0 fully saturated rings. The van der Waals surface area contributed by atoms with E-state index < -0.39 is 0 Å². The van der Waals surface area contributed by atoms with E-state index in [1.165, 1.54) is 13.0 Å². The number of anilines is 1. The van der Waals surface area contributed by atoms with E-state index in [1.807, 2.05) is 18.2 Å². The number of Topliss-reactive ketones (excluding diaryl/α,β-unsaturated/α-hetero) is 1. The average Bonchev–Trinajstić information content (AvgIpc) is 2.65. The highest BCUT2D eigenvalue weighted by Crippen LogP contribution is 2.29. The van der Waals surface area contributed by atoms with E-state index in [-0.39, 0.29) is 11.7 Å². The Balaban J connectivity index is 2.05. The smallest absolute Gasteiger partial charge is 0.248 e. The molecule has 0 atom stereocenters. The molecule has 142 valence electrons. The van der Waals surface area contributed by atoms with E-state index in [4.69, 9.17) is 9.47 Å². The minimum atomic E-state index is -0.283. The van der Waals surface area contributed by atoms with Gasteiger partial charge in [-0.2, -0.15) is 0 Å². The fourth-order valence-electron chi connectivity index (χ4n) is 2.34. The van der Waals surface area contributed by atoms with Gasteiger partial charge in [0.05, 0.1) is 13.7 Å². The highest BCUT2D eigenvalue weighted by atomic mass is 16.5. The Bertz CT molecular complexity index is 840. The molecule has 0 spiro atoms. The monoisotopic (exact) mass is 367 g/mol. The summed E-state index contributed by atoms with van der Waals surface area (Å²) in [5, 5.41) is 2.75. The van der Waals surface area contributed by atoms with Crippen LogP contribution in [0.1, 0.15) is 36.7 Å². The topological polar surface area (TPSA) is 64.6 Å². The molecule has 0 heterocycles. The molecule has 2 rings (SSSR count). The molecule has 0 aromatic heterocycles. The largest absolute Gasteiger partial charge is 0.493 e. The van der Waals surface area contributed by atoms with Crippen LogP contribution >= 0.6 is 0 Å². The fourth-order valence-corrected chi connectivity index (χ4v) is 2.34. The summed E-state index contributed by atoms with van der Waals surface area (Å²) in [6.45, 7) is 6.25. The van der Waals surface area contributed by atoms with Crippen molar-refractivity contribution in [2.24, 2.45) is 5.92 Å². The van der Waals surface area contributed by atoms with Crippen LogP contribution in [-0.2, 0) is 4.79 Å². The predicted octanol–water partition coefficient (Wildman–Crippen LogP) is 4.58. The summed E-state index contributed by atoms with van der Waals surface area (Å²) in [5.74, 6) is 1.38. The van der Waals surface area contributed by atoms with E-state index in [2.05, 4.69) is 19.2 Å². The van der Waals surface area contributed by atoms with Crippen LogP contribution in [0.4, 0.5) is 5.69 Å². The second-order valence-corrected chi connectivity index (χ2v) is 6.57. The van der Waals surface area contributed by atoms with Crippen molar-refractivity contribution >= 4 is 23.5 Å². The van der Waals surface area contributed by atoms with E-state index in [0.717, 1.165) is 5.56 Å². The van der Waals surface area contributed by atoms with Gasteiger partial charge in [-0.1, -0.05) is 32.0 Å². The van der Waals surface area contributed by atoms with Crippen molar-refractivity contribution < 1.29 is 19.1 Å². The molecule has 0 bridgehead atoms. The highest BCUT2D eigenvalue weighted by molar-refractivity contribution is 6.03. The van der Waals surface area contributed by atoms with Gasteiger partial charge in [0.25, 0.3) is 0 Å². The van der Waals surface area contributed by atoms with Crippen molar-refractivity contribution in [2.45, 2.75) is 20.8 Å². The molecule has 0 radical (unpaired) electrons. The van der Waals surface area contributed by atoms with Crippen molar-refractivity contribution in [3.05, 3.63) is 59.7 Å². The van der Waals surface area contributed by atoms with Crippen molar-refractivity contribution in [3.63, 3.8) is 0 Å². The maximum atomic E-state index is 12.1. The zero-order valence-corrected chi connectivity index (χ0v) is 16.1. The first-order valence-corrected chi connectivity index (χ1v) is 8.80. The summed E-state index contributed by atoms with van der Waals surface area (Å²) in [6, 6.07) is 12.3. The molecule has 27 heavy (non-hydrogen) atoms. The lowest BCUT2D eigenvalue weighted by Gasteiger charge is -2.12. The molecule has 1 N–H and O–H groups in total. The minimum absolute atomic E-state index is 0.0477. The summed E-state index contributed by atoms with van der Waals surface area (Å²) in [7, 11) is 1.58. The lowest BCUT2D eigenvalue weighted by atomic mass is 10.1. The van der Waals surface area contributed by atoms with Crippen LogP contribution in [0.3, 0.4) is 0 Å². The molecule has 0 aliphatic heterocycles. The van der Waals surface area contributed by atoms with Gasteiger partial charge in [0.15, 0.2) is 17.3 Å². The van der Waals surface area contributed by atoms with Gasteiger partial charge in [0.1, 0.15) is 0 Å². The third-order valence-electron chi connectivity index (χ3n) is 3.72. The molecule has 5 heteroatoms. The zero-order chi connectivity index (χ0) is 19.8. The fraction of sp³-hybridized carbons (Fsp3) is 0.273. The van der Waals surface area contributed by atoms with Crippen LogP contribution in [0, 0.1) is 5.92 Å². The molecule has 0 saturated carbocycles. The van der Waals surface area contributed by atoms with Crippen molar-refractivity contribution in [1.82, 2.24) is 0 Å². The van der Waals surface area contributed by atoms with E-state index >= 15 is 0 Å². The van der Waals surface area contributed by atoms with Gasteiger partial charge < -0.3 is 14.8 Å². The van der Waals surface area contributed by atoms with Gasteiger partial charge in [-0.25, -0.2) is 0 Å². The Hall–Kier alpha value is -3.08. The number of carbonyl (C=O) groups excluding carboxylic acids is 2. The maximum Gasteiger partial charge on any atom is 0.248 e. The molecule has 1 amide bonds. The van der Waals surface area contributed by atoms with E-state index in [0.29, 0.717) is 35.3 Å². The van der Waals surface area contributed by atoms with Crippen molar-refractivity contribution in [1.29, 1.82) is 0 Å². The van der Waals surface area contributed by atoms with Crippen LogP contribution < -0.4 is 14.8 Å². The standard InChI is InChI=1S/C22H25NO4/c1-15(2)14-27-20-10-8-17(12-21(20)26-4)9-11-22(25)23-19-7-5-6-18(13-19)16(3)24/h5-13,15H,14H2,1-4H3,(H,23,25)/b11-9+. The third kappa shape index (κ3) is 6.29. The van der Waals surface area contributed by atoms with Gasteiger partial charge in [-0.3, -0.25) is 9.59 Å². The molecule has 0 aliphatic rings. The number of carbonyl (C=O) groups is 2. The van der Waals surface area contributed by atoms with Crippen LogP contribution in [0.2, 0.25) is 0 Å². The van der Waals surface area contributed by atoms with Crippen molar-refractivity contribution in [3.8, 4) is 11.5 Å². The third-order valence-corrected chi connectivity index (χ3v) is 3.72. The second-order valence-electron chi connectivity index (χ2n) is 6.57.